The quantitative estimate of drug-likeness (QED) is 0.382. The lowest BCUT2D eigenvalue weighted by Crippen LogP contribution is -2.51. The fraction of sp³-hybridized carbons (Fsp3) is 0.320. The molecule has 0 unspecified atom stereocenters. The minimum atomic E-state index is -3.52. The van der Waals surface area contributed by atoms with Crippen molar-refractivity contribution in [2.75, 3.05) is 0 Å². The van der Waals surface area contributed by atoms with E-state index in [4.69, 9.17) is 0 Å². The van der Waals surface area contributed by atoms with Gasteiger partial charge >= 0.3 is 0 Å². The molecule has 0 saturated carbocycles. The molecule has 2 aromatic carbocycles. The van der Waals surface area contributed by atoms with Gasteiger partial charge in [0.1, 0.15) is 5.71 Å². The fourth-order valence-corrected chi connectivity index (χ4v) is 4.24. The van der Waals surface area contributed by atoms with Crippen LogP contribution in [0.3, 0.4) is 0 Å². The second-order valence-electron chi connectivity index (χ2n) is 9.41. The van der Waals surface area contributed by atoms with E-state index in [2.05, 4.69) is 46.8 Å². The lowest BCUT2D eigenvalue weighted by molar-refractivity contribution is -0.164. The normalized spacial score (nSPS) is 18.6. The van der Waals surface area contributed by atoms with Crippen molar-refractivity contribution in [2.45, 2.75) is 51.2 Å². The Bertz CT molecular complexity index is 1320. The van der Waals surface area contributed by atoms with Gasteiger partial charge in [-0.15, -0.1) is 0 Å². The number of rotatable bonds is 4. The summed E-state index contributed by atoms with van der Waals surface area (Å²) in [5, 5.41) is 14.2. The van der Waals surface area contributed by atoms with Crippen LogP contribution >= 0.6 is 15.9 Å². The zero-order valence-corrected chi connectivity index (χ0v) is 20.7. The Balaban J connectivity index is 1.88. The van der Waals surface area contributed by atoms with Gasteiger partial charge in [0.15, 0.2) is 0 Å². The van der Waals surface area contributed by atoms with Crippen LogP contribution in [-0.4, -0.2) is 45.3 Å². The van der Waals surface area contributed by atoms with Crippen LogP contribution in [-0.2, 0) is 5.41 Å². The lowest BCUT2D eigenvalue weighted by Gasteiger charge is -2.30. The number of amides is 1. The second kappa shape index (κ2) is 8.98. The summed E-state index contributed by atoms with van der Waals surface area (Å²) in [6.45, 7) is 6.21. The Morgan fingerprint density at radius 3 is 2.31 bits per heavy atom. The zero-order valence-electron chi connectivity index (χ0n) is 19.1. The summed E-state index contributed by atoms with van der Waals surface area (Å²) in [7, 11) is 0. The smallest absolute Gasteiger partial charge is 0.287 e. The molecule has 1 aliphatic rings. The first-order chi connectivity index (χ1) is 16.3. The minimum absolute atomic E-state index is 0.0708. The number of hydrogen-bond donors (Lipinski definition) is 1. The largest absolute Gasteiger partial charge is 0.364 e. The second-order valence-corrected chi connectivity index (χ2v) is 10.3. The molecule has 0 saturated heterocycles. The molecule has 184 valence electrons. The van der Waals surface area contributed by atoms with E-state index in [0.29, 0.717) is 21.2 Å². The number of halogens is 5. The van der Waals surface area contributed by atoms with E-state index in [9.17, 15) is 27.5 Å². The van der Waals surface area contributed by atoms with Crippen LogP contribution in [0.1, 0.15) is 43.1 Å². The molecule has 35 heavy (non-hydrogen) atoms. The number of carbonyl (C=O) groups is 1. The Labute approximate surface area is 207 Å². The van der Waals surface area contributed by atoms with Gasteiger partial charge in [-0.3, -0.25) is 4.79 Å². The van der Waals surface area contributed by atoms with E-state index in [1.807, 2.05) is 24.3 Å². The summed E-state index contributed by atoms with van der Waals surface area (Å²) in [5.74, 6) is -1.14. The molecule has 2 heterocycles. The Hall–Kier alpha value is -2.85. The summed E-state index contributed by atoms with van der Waals surface area (Å²) in [6.07, 6.45) is -7.86. The first-order valence-electron chi connectivity index (χ1n) is 10.7. The van der Waals surface area contributed by atoms with Crippen LogP contribution in [0.4, 0.5) is 17.6 Å². The topological polar surface area (TPSA) is 65.8 Å². The van der Waals surface area contributed by atoms with Crippen molar-refractivity contribution in [3.63, 3.8) is 0 Å². The van der Waals surface area contributed by atoms with E-state index in [-0.39, 0.29) is 21.4 Å². The highest BCUT2D eigenvalue weighted by atomic mass is 79.9. The number of fused-ring (bicyclic) bond motifs is 1. The molecule has 4 rings (SSSR count). The number of hydrogen-bond acceptors (Lipinski definition) is 4. The maximum Gasteiger partial charge on any atom is 0.287 e. The number of nitrogens with zero attached hydrogens (tertiary/aromatic N) is 3. The van der Waals surface area contributed by atoms with Crippen LogP contribution in [0.2, 0.25) is 0 Å². The highest BCUT2D eigenvalue weighted by Gasteiger charge is 2.53. The first kappa shape index (κ1) is 25.2. The van der Waals surface area contributed by atoms with Gasteiger partial charge in [0, 0.05) is 21.8 Å². The number of pyridine rings is 1. The molecule has 1 aliphatic heterocycles. The predicted octanol–water partition coefficient (Wildman–Crippen LogP) is 6.38. The zero-order chi connectivity index (χ0) is 25.7. The van der Waals surface area contributed by atoms with Crippen molar-refractivity contribution >= 4 is 38.5 Å². The van der Waals surface area contributed by atoms with Gasteiger partial charge in [0.05, 0.1) is 16.8 Å². The van der Waals surface area contributed by atoms with Crippen molar-refractivity contribution in [3.8, 4) is 11.3 Å². The number of aromatic nitrogens is 1. The summed E-state index contributed by atoms with van der Waals surface area (Å²) in [5.41, 5.74) is -1.86. The standard InChI is InChI=1S/C25H22BrF4N3O2/c1-24(2,3)14-6-4-13(5-7-14)19-11-17(16-10-15(26)8-9-18(16)31-19)22(34)33-25(35,23(29)30)12-20(32-33)21(27)28/h4-11,21,23,35H,12H2,1-3H3/t25-/m1/s1. The van der Waals surface area contributed by atoms with Gasteiger partial charge in [-0.05, 0) is 35.2 Å². The van der Waals surface area contributed by atoms with Crippen LogP contribution in [0.5, 0.6) is 0 Å². The van der Waals surface area contributed by atoms with Gasteiger partial charge in [-0.25, -0.2) is 22.5 Å². The molecule has 1 N–H and O–H groups in total. The molecule has 10 heteroatoms. The van der Waals surface area contributed by atoms with Crippen molar-refractivity contribution in [2.24, 2.45) is 5.10 Å². The van der Waals surface area contributed by atoms with E-state index in [1.165, 1.54) is 6.07 Å². The van der Waals surface area contributed by atoms with Crippen molar-refractivity contribution in [1.29, 1.82) is 0 Å². The first-order valence-corrected chi connectivity index (χ1v) is 11.5. The maximum atomic E-state index is 13.8. The lowest BCUT2D eigenvalue weighted by atomic mass is 9.86. The number of carbonyl (C=O) groups excluding carboxylic acids is 1. The number of alkyl halides is 4. The van der Waals surface area contributed by atoms with Crippen molar-refractivity contribution < 1.29 is 27.5 Å². The molecule has 1 aromatic heterocycles. The fourth-order valence-electron chi connectivity index (χ4n) is 3.88. The Kier molecular flexibility index (Phi) is 6.48. The third-order valence-electron chi connectivity index (χ3n) is 5.88. The number of hydrazone groups is 1. The van der Waals surface area contributed by atoms with Gasteiger partial charge < -0.3 is 5.11 Å². The van der Waals surface area contributed by atoms with Crippen molar-refractivity contribution in [3.05, 3.63) is 64.1 Å². The predicted molar refractivity (Wildman–Crippen MR) is 129 cm³/mol. The molecule has 5 nitrogen and oxygen atoms in total. The van der Waals surface area contributed by atoms with Crippen LogP contribution in [0.15, 0.2) is 58.1 Å². The Morgan fingerprint density at radius 1 is 1.09 bits per heavy atom. The SMILES string of the molecule is CC(C)(C)c1ccc(-c2cc(C(=O)N3N=C(C(F)F)C[C@@]3(O)C(F)F)c3cc(Br)ccc3n2)cc1. The summed E-state index contributed by atoms with van der Waals surface area (Å²) in [6, 6.07) is 13.8. The number of aliphatic hydroxyl groups is 1. The molecule has 0 bridgehead atoms. The summed E-state index contributed by atoms with van der Waals surface area (Å²) in [4.78, 5) is 18.1. The van der Waals surface area contributed by atoms with Crippen LogP contribution < -0.4 is 0 Å². The number of benzene rings is 2. The van der Waals surface area contributed by atoms with Gasteiger partial charge in [0.2, 0.25) is 5.72 Å². The van der Waals surface area contributed by atoms with Gasteiger partial charge in [0.25, 0.3) is 18.8 Å². The van der Waals surface area contributed by atoms with E-state index in [0.717, 1.165) is 5.56 Å². The van der Waals surface area contributed by atoms with Gasteiger partial charge in [-0.1, -0.05) is 61.0 Å². The highest BCUT2D eigenvalue weighted by molar-refractivity contribution is 9.10. The summed E-state index contributed by atoms with van der Waals surface area (Å²) >= 11 is 3.31. The molecule has 3 aromatic rings. The van der Waals surface area contributed by atoms with Crippen molar-refractivity contribution in [1.82, 2.24) is 9.99 Å². The van der Waals surface area contributed by atoms with Crippen LogP contribution in [0.25, 0.3) is 22.2 Å². The average Bonchev–Trinajstić information content (AvgIpc) is 3.17. The van der Waals surface area contributed by atoms with Gasteiger partial charge in [-0.2, -0.15) is 10.1 Å². The molecule has 0 aliphatic carbocycles. The van der Waals surface area contributed by atoms with Crippen LogP contribution in [0, 0.1) is 0 Å². The highest BCUT2D eigenvalue weighted by Crippen LogP contribution is 2.36. The Morgan fingerprint density at radius 2 is 1.74 bits per heavy atom. The molecule has 0 radical (unpaired) electrons. The maximum absolute atomic E-state index is 13.8. The third kappa shape index (κ3) is 4.69. The minimum Gasteiger partial charge on any atom is -0.364 e. The van der Waals surface area contributed by atoms with E-state index in [1.54, 1.807) is 18.2 Å². The molecular formula is C25H22BrF4N3O2. The molecular weight excluding hydrogens is 530 g/mol. The third-order valence-corrected chi connectivity index (χ3v) is 6.37. The molecule has 1 amide bonds. The van der Waals surface area contributed by atoms with E-state index < -0.39 is 36.6 Å². The van der Waals surface area contributed by atoms with E-state index >= 15 is 0 Å². The molecule has 1 atom stereocenters. The molecule has 0 fully saturated rings. The monoisotopic (exact) mass is 551 g/mol. The summed E-state index contributed by atoms with van der Waals surface area (Å²) < 4.78 is 54.6. The average molecular weight is 552 g/mol. The molecule has 0 spiro atoms.